The fraction of sp³-hybridized carbons (Fsp3) is 1.00. The van der Waals surface area contributed by atoms with Crippen LogP contribution in [0.5, 0.6) is 0 Å². The summed E-state index contributed by atoms with van der Waals surface area (Å²) in [6.45, 7) is 22.2. The molecular weight excluding hydrogens is 206 g/mol. The second-order valence-corrected chi connectivity index (χ2v) is 8.88. The molecule has 0 spiro atoms. The van der Waals surface area contributed by atoms with Crippen LogP contribution in [0.2, 0.25) is 0 Å². The molecule has 0 amide bonds. The van der Waals surface area contributed by atoms with E-state index in [9.17, 15) is 0 Å². The minimum Gasteiger partial charge on any atom is -0.301 e. The number of rotatable bonds is 3. The van der Waals surface area contributed by atoms with E-state index in [1.807, 2.05) is 0 Å². The van der Waals surface area contributed by atoms with Crippen molar-refractivity contribution in [3.8, 4) is 0 Å². The van der Waals surface area contributed by atoms with Crippen LogP contribution in [0.3, 0.4) is 0 Å². The minimum atomic E-state index is 0.265. The molecule has 0 saturated heterocycles. The zero-order chi connectivity index (χ0) is 14.1. The summed E-state index contributed by atoms with van der Waals surface area (Å²) >= 11 is 0. The van der Waals surface area contributed by atoms with Crippen molar-refractivity contribution in [1.82, 2.24) is 4.90 Å². The smallest absolute Gasteiger partial charge is 0.0122 e. The molecule has 1 nitrogen and oxygen atoms in total. The zero-order valence-corrected chi connectivity index (χ0v) is 13.9. The third-order valence-electron chi connectivity index (χ3n) is 3.72. The Hall–Kier alpha value is -0.0400. The van der Waals surface area contributed by atoms with Crippen molar-refractivity contribution >= 4 is 0 Å². The summed E-state index contributed by atoms with van der Waals surface area (Å²) in [4.78, 5) is 2.49. The lowest BCUT2D eigenvalue weighted by atomic mass is 9.71. The molecule has 0 N–H and O–H groups in total. The highest BCUT2D eigenvalue weighted by molar-refractivity contribution is 4.84. The van der Waals surface area contributed by atoms with Crippen LogP contribution in [-0.2, 0) is 0 Å². The molecule has 1 heteroatoms. The molecule has 1 atom stereocenters. The van der Waals surface area contributed by atoms with Crippen molar-refractivity contribution in [1.29, 1.82) is 0 Å². The molecule has 0 aromatic rings. The van der Waals surface area contributed by atoms with Gasteiger partial charge in [0.05, 0.1) is 0 Å². The van der Waals surface area contributed by atoms with E-state index in [4.69, 9.17) is 0 Å². The lowest BCUT2D eigenvalue weighted by Gasteiger charge is -2.42. The fourth-order valence-corrected chi connectivity index (χ4v) is 1.99. The van der Waals surface area contributed by atoms with E-state index >= 15 is 0 Å². The van der Waals surface area contributed by atoms with Crippen molar-refractivity contribution in [3.63, 3.8) is 0 Å². The van der Waals surface area contributed by atoms with Crippen molar-refractivity contribution < 1.29 is 0 Å². The normalized spacial score (nSPS) is 16.4. The van der Waals surface area contributed by atoms with Gasteiger partial charge in [0.15, 0.2) is 0 Å². The average Bonchev–Trinajstić information content (AvgIpc) is 1.96. The molecule has 0 aromatic heterocycles. The van der Waals surface area contributed by atoms with Gasteiger partial charge in [-0.2, -0.15) is 0 Å². The van der Waals surface area contributed by atoms with Crippen LogP contribution in [0.4, 0.5) is 0 Å². The van der Waals surface area contributed by atoms with E-state index in [1.54, 1.807) is 0 Å². The molecule has 0 fully saturated rings. The van der Waals surface area contributed by atoms with E-state index in [-0.39, 0.29) is 5.54 Å². The predicted octanol–water partition coefficient (Wildman–Crippen LogP) is 4.82. The van der Waals surface area contributed by atoms with E-state index in [1.165, 1.54) is 13.0 Å². The lowest BCUT2D eigenvalue weighted by Crippen LogP contribution is -2.44. The molecule has 0 saturated carbocycles. The Morgan fingerprint density at radius 1 is 0.824 bits per heavy atom. The van der Waals surface area contributed by atoms with E-state index in [2.05, 4.69) is 74.3 Å². The third-order valence-corrected chi connectivity index (χ3v) is 3.72. The Morgan fingerprint density at radius 3 is 1.47 bits per heavy atom. The summed E-state index contributed by atoms with van der Waals surface area (Å²) in [6, 6.07) is 0. The largest absolute Gasteiger partial charge is 0.301 e. The molecule has 0 heterocycles. The molecule has 1 unspecified atom stereocenters. The Labute approximate surface area is 110 Å². The van der Waals surface area contributed by atoms with Gasteiger partial charge in [0.2, 0.25) is 0 Å². The maximum Gasteiger partial charge on any atom is 0.0122 e. The van der Waals surface area contributed by atoms with Gasteiger partial charge >= 0.3 is 0 Å². The Kier molecular flexibility index (Phi) is 5.29. The van der Waals surface area contributed by atoms with Gasteiger partial charge in [-0.15, -0.1) is 0 Å². The van der Waals surface area contributed by atoms with Crippen LogP contribution in [0, 0.1) is 16.7 Å². The first-order valence-electron chi connectivity index (χ1n) is 6.95. The maximum absolute atomic E-state index is 2.49. The molecule has 0 aliphatic carbocycles. The highest BCUT2D eigenvalue weighted by Crippen LogP contribution is 2.37. The number of hydrogen-bond donors (Lipinski definition) is 0. The predicted molar refractivity (Wildman–Crippen MR) is 79.4 cm³/mol. The maximum atomic E-state index is 2.49. The fourth-order valence-electron chi connectivity index (χ4n) is 1.99. The standard InChI is InChI=1S/C16H35N/c1-14(2,3)11-13(15(4,5)6)12-17(10)16(7,8)9/h13H,11-12H2,1-10H3. The van der Waals surface area contributed by atoms with Gasteiger partial charge in [0.1, 0.15) is 0 Å². The Bertz CT molecular complexity index is 221. The monoisotopic (exact) mass is 241 g/mol. The molecule has 0 bridgehead atoms. The van der Waals surface area contributed by atoms with Crippen molar-refractivity contribution in [3.05, 3.63) is 0 Å². The highest BCUT2D eigenvalue weighted by Gasteiger charge is 2.31. The van der Waals surface area contributed by atoms with Crippen molar-refractivity contribution in [2.45, 2.75) is 74.3 Å². The molecule has 0 aliphatic heterocycles. The summed E-state index contributed by atoms with van der Waals surface area (Å²) in [5.74, 6) is 0.742. The number of nitrogens with zero attached hydrogens (tertiary/aromatic N) is 1. The van der Waals surface area contributed by atoms with Crippen molar-refractivity contribution in [2.75, 3.05) is 13.6 Å². The van der Waals surface area contributed by atoms with Crippen LogP contribution in [0.1, 0.15) is 68.7 Å². The third kappa shape index (κ3) is 7.08. The Morgan fingerprint density at radius 2 is 1.24 bits per heavy atom. The van der Waals surface area contributed by atoms with E-state index in [0.717, 1.165) is 5.92 Å². The summed E-state index contributed by atoms with van der Waals surface area (Å²) < 4.78 is 0. The molecule has 17 heavy (non-hydrogen) atoms. The Balaban J connectivity index is 4.74. The first kappa shape index (κ1) is 17.0. The van der Waals surface area contributed by atoms with Gasteiger partial charge in [0, 0.05) is 12.1 Å². The molecule has 0 rings (SSSR count). The van der Waals surface area contributed by atoms with E-state index in [0.29, 0.717) is 10.8 Å². The average molecular weight is 241 g/mol. The first-order chi connectivity index (χ1) is 7.23. The van der Waals surface area contributed by atoms with Gasteiger partial charge in [-0.25, -0.2) is 0 Å². The molecule has 0 aromatic carbocycles. The van der Waals surface area contributed by atoms with E-state index < -0.39 is 0 Å². The second-order valence-electron chi connectivity index (χ2n) is 8.88. The van der Waals surface area contributed by atoms with Crippen LogP contribution < -0.4 is 0 Å². The van der Waals surface area contributed by atoms with Gasteiger partial charge in [0.25, 0.3) is 0 Å². The topological polar surface area (TPSA) is 3.24 Å². The van der Waals surface area contributed by atoms with Crippen LogP contribution in [-0.4, -0.2) is 24.0 Å². The van der Waals surface area contributed by atoms with Gasteiger partial charge in [-0.3, -0.25) is 0 Å². The lowest BCUT2D eigenvalue weighted by molar-refractivity contribution is 0.0760. The summed E-state index contributed by atoms with van der Waals surface area (Å²) in [5.41, 5.74) is 1.06. The van der Waals surface area contributed by atoms with Gasteiger partial charge in [-0.05, 0) is 51.0 Å². The quantitative estimate of drug-likeness (QED) is 0.685. The highest BCUT2D eigenvalue weighted by atomic mass is 15.2. The summed E-state index contributed by atoms with van der Waals surface area (Å²) in [5, 5.41) is 0. The second kappa shape index (κ2) is 5.30. The zero-order valence-electron chi connectivity index (χ0n) is 13.9. The molecular formula is C16H35N. The van der Waals surface area contributed by atoms with Gasteiger partial charge < -0.3 is 4.90 Å². The summed E-state index contributed by atoms with van der Waals surface area (Å²) in [7, 11) is 2.25. The first-order valence-corrected chi connectivity index (χ1v) is 6.95. The molecule has 0 aliphatic rings. The summed E-state index contributed by atoms with van der Waals surface area (Å²) in [6.07, 6.45) is 1.29. The van der Waals surface area contributed by atoms with Gasteiger partial charge in [-0.1, -0.05) is 41.5 Å². The van der Waals surface area contributed by atoms with Crippen LogP contribution in [0.15, 0.2) is 0 Å². The SMILES string of the molecule is CN(CC(CC(C)(C)C)C(C)(C)C)C(C)(C)C. The van der Waals surface area contributed by atoms with Crippen LogP contribution in [0.25, 0.3) is 0 Å². The number of hydrogen-bond acceptors (Lipinski definition) is 1. The van der Waals surface area contributed by atoms with Crippen molar-refractivity contribution in [2.24, 2.45) is 16.7 Å². The van der Waals surface area contributed by atoms with Crippen LogP contribution >= 0.6 is 0 Å². The minimum absolute atomic E-state index is 0.265. The molecule has 104 valence electrons. The molecule has 0 radical (unpaired) electrons.